The van der Waals surface area contributed by atoms with Crippen LogP contribution in [0.3, 0.4) is 0 Å². The summed E-state index contributed by atoms with van der Waals surface area (Å²) in [5.74, 6) is 0.345. The molecule has 1 heterocycles. The molecule has 5 heteroatoms. The molecule has 0 saturated heterocycles. The summed E-state index contributed by atoms with van der Waals surface area (Å²) in [6.07, 6.45) is 5.29. The van der Waals surface area contributed by atoms with E-state index in [-0.39, 0.29) is 17.6 Å². The zero-order valence-electron chi connectivity index (χ0n) is 11.4. The summed E-state index contributed by atoms with van der Waals surface area (Å²) in [6.45, 7) is 3.97. The van der Waals surface area contributed by atoms with Gasteiger partial charge in [-0.3, -0.25) is 14.9 Å². The molecule has 0 fully saturated rings. The van der Waals surface area contributed by atoms with Gasteiger partial charge in [-0.25, -0.2) is 9.97 Å². The van der Waals surface area contributed by atoms with Crippen molar-refractivity contribution >= 4 is 17.6 Å². The van der Waals surface area contributed by atoms with Crippen LogP contribution in [0.2, 0.25) is 0 Å². The number of rotatable bonds is 4. The molecule has 0 unspecified atom stereocenters. The maximum absolute atomic E-state index is 11.9. The highest BCUT2D eigenvalue weighted by Crippen LogP contribution is 2.20. The Morgan fingerprint density at radius 2 is 2.11 bits per heavy atom. The molecule has 19 heavy (non-hydrogen) atoms. The Morgan fingerprint density at radius 1 is 1.37 bits per heavy atom. The standard InChI is InChI=1S/C14H19N3O2/c1-3-9(4-2)13(19)17-14-15-8-10-11(16-14)6-5-7-12(10)18/h8-9H,3-7H2,1-2H3,(H,15,16,17,19). The molecule has 1 aromatic heterocycles. The number of hydrogen-bond donors (Lipinski definition) is 1. The molecule has 0 bridgehead atoms. The minimum Gasteiger partial charge on any atom is -0.294 e. The van der Waals surface area contributed by atoms with Crippen LogP contribution < -0.4 is 5.32 Å². The molecule has 2 rings (SSSR count). The number of aryl methyl sites for hydroxylation is 1. The number of nitrogens with one attached hydrogen (secondary N) is 1. The van der Waals surface area contributed by atoms with Crippen molar-refractivity contribution in [1.29, 1.82) is 0 Å². The molecule has 0 aromatic carbocycles. The fourth-order valence-electron chi connectivity index (χ4n) is 2.32. The summed E-state index contributed by atoms with van der Waals surface area (Å²) < 4.78 is 0. The zero-order chi connectivity index (χ0) is 13.8. The van der Waals surface area contributed by atoms with E-state index in [2.05, 4.69) is 15.3 Å². The van der Waals surface area contributed by atoms with Gasteiger partial charge in [-0.15, -0.1) is 0 Å². The summed E-state index contributed by atoms with van der Waals surface area (Å²) in [5, 5.41) is 2.74. The lowest BCUT2D eigenvalue weighted by molar-refractivity contribution is -0.120. The van der Waals surface area contributed by atoms with Crippen molar-refractivity contribution in [3.05, 3.63) is 17.5 Å². The third-order valence-electron chi connectivity index (χ3n) is 3.58. The first kappa shape index (κ1) is 13.6. The quantitative estimate of drug-likeness (QED) is 0.903. The minimum atomic E-state index is -0.0490. The van der Waals surface area contributed by atoms with E-state index < -0.39 is 0 Å². The predicted octanol–water partition coefficient (Wildman–Crippen LogP) is 2.37. The van der Waals surface area contributed by atoms with Gasteiger partial charge >= 0.3 is 0 Å². The highest BCUT2D eigenvalue weighted by Gasteiger charge is 2.21. The van der Waals surface area contributed by atoms with Crippen molar-refractivity contribution in [2.75, 3.05) is 5.32 Å². The van der Waals surface area contributed by atoms with Gasteiger partial charge in [-0.1, -0.05) is 13.8 Å². The monoisotopic (exact) mass is 261 g/mol. The minimum absolute atomic E-state index is 0.0127. The molecule has 102 valence electrons. The summed E-state index contributed by atoms with van der Waals surface area (Å²) in [4.78, 5) is 32.0. The van der Waals surface area contributed by atoms with Crippen molar-refractivity contribution in [2.45, 2.75) is 46.0 Å². The van der Waals surface area contributed by atoms with Gasteiger partial charge in [0.2, 0.25) is 11.9 Å². The van der Waals surface area contributed by atoms with Crippen molar-refractivity contribution in [1.82, 2.24) is 9.97 Å². The Balaban J connectivity index is 2.14. The number of fused-ring (bicyclic) bond motifs is 1. The first-order valence-electron chi connectivity index (χ1n) is 6.85. The van der Waals surface area contributed by atoms with Crippen LogP contribution in [0, 0.1) is 5.92 Å². The van der Waals surface area contributed by atoms with Gasteiger partial charge in [-0.2, -0.15) is 0 Å². The molecule has 0 spiro atoms. The number of hydrogen-bond acceptors (Lipinski definition) is 4. The van der Waals surface area contributed by atoms with Crippen LogP contribution in [0.4, 0.5) is 5.95 Å². The van der Waals surface area contributed by atoms with Gasteiger partial charge in [0.1, 0.15) is 0 Å². The second-order valence-electron chi connectivity index (χ2n) is 4.83. The molecular weight excluding hydrogens is 242 g/mol. The fraction of sp³-hybridized carbons (Fsp3) is 0.571. The van der Waals surface area contributed by atoms with Gasteiger partial charge < -0.3 is 0 Å². The summed E-state index contributed by atoms with van der Waals surface area (Å²) in [7, 11) is 0. The van der Waals surface area contributed by atoms with Gasteiger partial charge in [0.25, 0.3) is 0 Å². The van der Waals surface area contributed by atoms with E-state index in [0.29, 0.717) is 17.9 Å². The lowest BCUT2D eigenvalue weighted by atomic mass is 9.96. The third kappa shape index (κ3) is 2.97. The van der Waals surface area contributed by atoms with E-state index in [1.54, 1.807) is 0 Å². The average Bonchev–Trinajstić information content (AvgIpc) is 2.40. The molecule has 1 amide bonds. The van der Waals surface area contributed by atoms with Gasteiger partial charge in [0.05, 0.1) is 11.3 Å². The van der Waals surface area contributed by atoms with Gasteiger partial charge in [0, 0.05) is 18.5 Å². The van der Waals surface area contributed by atoms with Crippen molar-refractivity contribution < 1.29 is 9.59 Å². The van der Waals surface area contributed by atoms with E-state index in [0.717, 1.165) is 31.4 Å². The highest BCUT2D eigenvalue weighted by molar-refractivity contribution is 5.98. The van der Waals surface area contributed by atoms with E-state index in [4.69, 9.17) is 0 Å². The highest BCUT2D eigenvalue weighted by atomic mass is 16.2. The normalized spacial score (nSPS) is 14.4. The topological polar surface area (TPSA) is 72.0 Å². The van der Waals surface area contributed by atoms with E-state index in [1.165, 1.54) is 6.20 Å². The maximum atomic E-state index is 11.9. The third-order valence-corrected chi connectivity index (χ3v) is 3.58. The SMILES string of the molecule is CCC(CC)C(=O)Nc1ncc2c(n1)CCCC2=O. The number of anilines is 1. The first-order chi connectivity index (χ1) is 9.15. The first-order valence-corrected chi connectivity index (χ1v) is 6.85. The Hall–Kier alpha value is -1.78. The number of carbonyl (C=O) groups excluding carboxylic acids is 2. The van der Waals surface area contributed by atoms with Crippen LogP contribution in [0.1, 0.15) is 55.6 Å². The number of ketones is 1. The number of carbonyl (C=O) groups is 2. The van der Waals surface area contributed by atoms with Crippen molar-refractivity contribution in [2.24, 2.45) is 5.92 Å². The van der Waals surface area contributed by atoms with Crippen LogP contribution in [-0.2, 0) is 11.2 Å². The molecule has 1 aromatic rings. The van der Waals surface area contributed by atoms with E-state index in [9.17, 15) is 9.59 Å². The fourth-order valence-corrected chi connectivity index (χ4v) is 2.32. The summed E-state index contributed by atoms with van der Waals surface area (Å²) in [5.41, 5.74) is 1.36. The molecule has 1 N–H and O–H groups in total. The largest absolute Gasteiger partial charge is 0.294 e. The van der Waals surface area contributed by atoms with Crippen LogP contribution >= 0.6 is 0 Å². The van der Waals surface area contributed by atoms with Crippen LogP contribution in [-0.4, -0.2) is 21.7 Å². The molecule has 0 aliphatic heterocycles. The lowest BCUT2D eigenvalue weighted by Gasteiger charge is -2.15. The van der Waals surface area contributed by atoms with Crippen molar-refractivity contribution in [3.8, 4) is 0 Å². The van der Waals surface area contributed by atoms with E-state index >= 15 is 0 Å². The lowest BCUT2D eigenvalue weighted by Crippen LogP contribution is -2.24. The Bertz CT molecular complexity index is 495. The molecule has 0 radical (unpaired) electrons. The van der Waals surface area contributed by atoms with E-state index in [1.807, 2.05) is 13.8 Å². The molecule has 0 atom stereocenters. The molecular formula is C14H19N3O2. The average molecular weight is 261 g/mol. The van der Waals surface area contributed by atoms with Gasteiger partial charge in [0.15, 0.2) is 5.78 Å². The Kier molecular flexibility index (Phi) is 4.24. The number of Topliss-reactive ketones (excluding diaryl/α,β-unsaturated/α-hetero) is 1. The summed E-state index contributed by atoms with van der Waals surface area (Å²) >= 11 is 0. The molecule has 0 saturated carbocycles. The van der Waals surface area contributed by atoms with Crippen LogP contribution in [0.5, 0.6) is 0 Å². The van der Waals surface area contributed by atoms with Gasteiger partial charge in [-0.05, 0) is 25.7 Å². The number of nitrogens with zero attached hydrogens (tertiary/aromatic N) is 2. The Morgan fingerprint density at radius 3 is 2.79 bits per heavy atom. The number of amides is 1. The molecule has 1 aliphatic carbocycles. The zero-order valence-corrected chi connectivity index (χ0v) is 11.4. The second kappa shape index (κ2) is 5.91. The molecule has 1 aliphatic rings. The van der Waals surface area contributed by atoms with Crippen molar-refractivity contribution in [3.63, 3.8) is 0 Å². The predicted molar refractivity (Wildman–Crippen MR) is 72.0 cm³/mol. The molecule has 5 nitrogen and oxygen atoms in total. The maximum Gasteiger partial charge on any atom is 0.229 e. The summed E-state index contributed by atoms with van der Waals surface area (Å²) in [6, 6.07) is 0. The second-order valence-corrected chi connectivity index (χ2v) is 4.83. The number of aromatic nitrogens is 2. The van der Waals surface area contributed by atoms with Crippen LogP contribution in [0.15, 0.2) is 6.20 Å². The Labute approximate surface area is 112 Å². The van der Waals surface area contributed by atoms with Crippen LogP contribution in [0.25, 0.3) is 0 Å². The smallest absolute Gasteiger partial charge is 0.229 e.